The topological polar surface area (TPSA) is 94.2 Å². The van der Waals surface area contributed by atoms with Crippen molar-refractivity contribution in [2.45, 2.75) is 32.9 Å². The van der Waals surface area contributed by atoms with E-state index in [2.05, 4.69) is 10.5 Å². The fourth-order valence-corrected chi connectivity index (χ4v) is 3.17. The second-order valence-electron chi connectivity index (χ2n) is 7.63. The van der Waals surface area contributed by atoms with Crippen LogP contribution in [0.1, 0.15) is 27.3 Å². The van der Waals surface area contributed by atoms with Gasteiger partial charge in [0.1, 0.15) is 0 Å². The summed E-state index contributed by atoms with van der Waals surface area (Å²) in [7, 11) is 0. The quantitative estimate of drug-likeness (QED) is 0.533. The van der Waals surface area contributed by atoms with Crippen LogP contribution < -0.4 is 11.1 Å². The van der Waals surface area contributed by atoms with Gasteiger partial charge in [0, 0.05) is 13.1 Å². The molecule has 7 heteroatoms. The maximum atomic E-state index is 13.0. The van der Waals surface area contributed by atoms with Gasteiger partial charge in [-0.15, -0.1) is 0 Å². The second kappa shape index (κ2) is 10.3. The van der Waals surface area contributed by atoms with E-state index in [1.165, 1.54) is 10.6 Å². The summed E-state index contributed by atoms with van der Waals surface area (Å²) in [5.74, 6) is -0.940. The molecule has 0 bridgehead atoms. The summed E-state index contributed by atoms with van der Waals surface area (Å²) in [5.41, 5.74) is 1.55. The summed E-state index contributed by atoms with van der Waals surface area (Å²) >= 11 is 0. The first-order chi connectivity index (χ1) is 14.9. The number of ketones is 1. The number of hydrogen-bond acceptors (Lipinski definition) is 5. The van der Waals surface area contributed by atoms with Gasteiger partial charge in [-0.3, -0.25) is 14.1 Å². The number of aromatic nitrogens is 2. The highest BCUT2D eigenvalue weighted by Crippen LogP contribution is 2.16. The van der Waals surface area contributed by atoms with Gasteiger partial charge in [0.25, 0.3) is 0 Å². The molecule has 0 fully saturated rings. The highest BCUT2D eigenvalue weighted by Gasteiger charge is 2.24. The molecule has 0 aliphatic rings. The van der Waals surface area contributed by atoms with Crippen LogP contribution in [0.25, 0.3) is 17.5 Å². The summed E-state index contributed by atoms with van der Waals surface area (Å²) in [5, 5.41) is 6.58. The highest BCUT2D eigenvalue weighted by atomic mass is 16.5. The molecular formula is C24H27N3O4. The normalized spacial score (nSPS) is 12.2. The van der Waals surface area contributed by atoms with E-state index in [9.17, 15) is 14.4 Å². The predicted molar refractivity (Wildman–Crippen MR) is 120 cm³/mol. The molecule has 0 spiro atoms. The summed E-state index contributed by atoms with van der Waals surface area (Å²) < 4.78 is 5.98. The molecule has 0 aliphatic heterocycles. The molecule has 0 aliphatic carbocycles. The molecule has 0 unspecified atom stereocenters. The van der Waals surface area contributed by atoms with Crippen molar-refractivity contribution in [2.75, 3.05) is 0 Å². The van der Waals surface area contributed by atoms with Gasteiger partial charge < -0.3 is 5.32 Å². The van der Waals surface area contributed by atoms with Crippen molar-refractivity contribution in [1.29, 1.82) is 0 Å². The van der Waals surface area contributed by atoms with Crippen LogP contribution in [0.5, 0.6) is 0 Å². The third kappa shape index (κ3) is 6.12. The third-order valence-corrected chi connectivity index (χ3v) is 4.67. The lowest BCUT2D eigenvalue weighted by Crippen LogP contribution is -2.43. The molecule has 162 valence electrons. The number of nitrogens with zero attached hydrogens (tertiary/aromatic N) is 2. The SMILES string of the molecule is CC(C)C[C@H](NC(=O)/C=C/c1ccccc1)C(=O)Cn1c(-c2ccccc2)noc1=O.[HH]. The molecule has 1 heterocycles. The third-order valence-electron chi connectivity index (χ3n) is 4.67. The summed E-state index contributed by atoms with van der Waals surface area (Å²) in [6.45, 7) is 3.69. The fourth-order valence-electron chi connectivity index (χ4n) is 3.17. The minimum absolute atomic E-state index is 0. The van der Waals surface area contributed by atoms with Gasteiger partial charge in [-0.1, -0.05) is 79.7 Å². The Labute approximate surface area is 181 Å². The molecule has 1 N–H and O–H groups in total. The zero-order chi connectivity index (χ0) is 22.2. The number of nitrogens with one attached hydrogen (secondary N) is 1. The van der Waals surface area contributed by atoms with E-state index in [-0.39, 0.29) is 31.4 Å². The molecule has 7 nitrogen and oxygen atoms in total. The maximum absolute atomic E-state index is 13.0. The van der Waals surface area contributed by atoms with E-state index >= 15 is 0 Å². The number of carbonyl (C=O) groups excluding carboxylic acids is 2. The molecule has 2 aromatic carbocycles. The van der Waals surface area contributed by atoms with Crippen LogP contribution in [0.3, 0.4) is 0 Å². The average Bonchev–Trinajstić information content (AvgIpc) is 3.13. The number of hydrogen-bond donors (Lipinski definition) is 1. The molecule has 0 saturated carbocycles. The van der Waals surface area contributed by atoms with Gasteiger partial charge in [0.2, 0.25) is 5.91 Å². The lowest BCUT2D eigenvalue weighted by atomic mass is 10.00. The first-order valence-electron chi connectivity index (χ1n) is 10.1. The van der Waals surface area contributed by atoms with Crippen LogP contribution in [0.4, 0.5) is 0 Å². The molecule has 1 atom stereocenters. The van der Waals surface area contributed by atoms with Gasteiger partial charge in [0.05, 0.1) is 12.6 Å². The fraction of sp³-hybridized carbons (Fsp3) is 0.250. The Morgan fingerprint density at radius 2 is 1.74 bits per heavy atom. The van der Waals surface area contributed by atoms with E-state index in [1.807, 2.05) is 62.4 Å². The predicted octanol–water partition coefficient (Wildman–Crippen LogP) is 3.56. The average molecular weight is 421 g/mol. The van der Waals surface area contributed by atoms with Crippen molar-refractivity contribution in [3.05, 3.63) is 82.9 Å². The summed E-state index contributed by atoms with van der Waals surface area (Å²) in [6, 6.07) is 17.7. The number of benzene rings is 2. The smallest absolute Gasteiger partial charge is 0.343 e. The van der Waals surface area contributed by atoms with Crippen LogP contribution in [-0.2, 0) is 16.1 Å². The summed E-state index contributed by atoms with van der Waals surface area (Å²) in [4.78, 5) is 37.6. The largest absolute Gasteiger partial charge is 0.442 e. The van der Waals surface area contributed by atoms with Crippen molar-refractivity contribution >= 4 is 17.8 Å². The molecule has 3 aromatic rings. The molecular weight excluding hydrogens is 394 g/mol. The Morgan fingerprint density at radius 3 is 2.39 bits per heavy atom. The van der Waals surface area contributed by atoms with Crippen molar-refractivity contribution in [3.8, 4) is 11.4 Å². The second-order valence-corrected chi connectivity index (χ2v) is 7.63. The van der Waals surface area contributed by atoms with E-state index < -0.39 is 11.8 Å². The Balaban J connectivity index is 0.00000363. The Morgan fingerprint density at radius 1 is 1.10 bits per heavy atom. The Hall–Kier alpha value is -3.74. The summed E-state index contributed by atoms with van der Waals surface area (Å²) in [6.07, 6.45) is 3.53. The number of rotatable bonds is 9. The van der Waals surface area contributed by atoms with Gasteiger partial charge in [0.15, 0.2) is 11.6 Å². The Kier molecular flexibility index (Phi) is 7.32. The zero-order valence-corrected chi connectivity index (χ0v) is 17.5. The van der Waals surface area contributed by atoms with E-state index in [0.29, 0.717) is 12.0 Å². The maximum Gasteiger partial charge on any atom is 0.442 e. The lowest BCUT2D eigenvalue weighted by Gasteiger charge is -2.19. The van der Waals surface area contributed by atoms with Crippen molar-refractivity contribution in [2.24, 2.45) is 5.92 Å². The van der Waals surface area contributed by atoms with E-state index in [1.54, 1.807) is 18.2 Å². The van der Waals surface area contributed by atoms with Crippen molar-refractivity contribution in [1.82, 2.24) is 15.0 Å². The molecule has 0 radical (unpaired) electrons. The van der Waals surface area contributed by atoms with Crippen LogP contribution in [0, 0.1) is 5.92 Å². The Bertz CT molecular complexity index is 1110. The van der Waals surface area contributed by atoms with Gasteiger partial charge in [-0.2, -0.15) is 0 Å². The zero-order valence-electron chi connectivity index (χ0n) is 17.5. The molecule has 0 saturated heterocycles. The molecule has 1 amide bonds. The first-order valence-corrected chi connectivity index (χ1v) is 10.1. The van der Waals surface area contributed by atoms with Crippen LogP contribution >= 0.6 is 0 Å². The monoisotopic (exact) mass is 421 g/mol. The van der Waals surface area contributed by atoms with Gasteiger partial charge in [-0.25, -0.2) is 9.36 Å². The number of Topliss-reactive ketones (excluding diaryl/α,β-unsaturated/α-hetero) is 1. The van der Waals surface area contributed by atoms with E-state index in [4.69, 9.17) is 4.52 Å². The standard InChI is InChI=1S/C24H25N3O4.H2/c1-17(2)15-20(25-22(29)14-13-18-9-5-3-6-10-18)21(28)16-27-23(26-31-24(27)30)19-11-7-4-8-12-19;/h3-14,17,20H,15-16H2,1-2H3,(H,25,29);1H/b14-13+;/t20-;/m0./s1. The van der Waals surface area contributed by atoms with Crippen LogP contribution in [-0.4, -0.2) is 27.5 Å². The highest BCUT2D eigenvalue weighted by molar-refractivity contribution is 5.96. The molecule has 3 rings (SSSR count). The molecule has 1 aromatic heterocycles. The number of carbonyl (C=O) groups is 2. The van der Waals surface area contributed by atoms with Crippen molar-refractivity contribution < 1.29 is 15.5 Å². The molecule has 31 heavy (non-hydrogen) atoms. The number of amides is 1. The lowest BCUT2D eigenvalue weighted by molar-refractivity contribution is -0.126. The van der Waals surface area contributed by atoms with Crippen molar-refractivity contribution in [3.63, 3.8) is 0 Å². The van der Waals surface area contributed by atoms with Crippen LogP contribution in [0.2, 0.25) is 0 Å². The van der Waals surface area contributed by atoms with Gasteiger partial charge >= 0.3 is 5.76 Å². The first kappa shape index (κ1) is 22.0. The minimum Gasteiger partial charge on any atom is -0.343 e. The van der Waals surface area contributed by atoms with E-state index in [0.717, 1.165) is 5.56 Å². The van der Waals surface area contributed by atoms with Crippen LogP contribution in [0.15, 0.2) is 76.1 Å². The minimum atomic E-state index is -0.738. The van der Waals surface area contributed by atoms with Gasteiger partial charge in [-0.05, 0) is 24.0 Å².